The van der Waals surface area contributed by atoms with Gasteiger partial charge >= 0.3 is 0 Å². The van der Waals surface area contributed by atoms with E-state index in [4.69, 9.17) is 4.74 Å². The minimum absolute atomic E-state index is 0. The predicted octanol–water partition coefficient (Wildman–Crippen LogP) is 2.34. The van der Waals surface area contributed by atoms with Crippen molar-refractivity contribution in [2.45, 2.75) is 44.7 Å². The smallest absolute Gasteiger partial charge is 0.220 e. The first-order valence-corrected chi connectivity index (χ1v) is 7.80. The van der Waals surface area contributed by atoms with E-state index in [0.717, 1.165) is 19.4 Å². The minimum Gasteiger partial charge on any atom is -0.497 e. The van der Waals surface area contributed by atoms with Crippen LogP contribution in [0.2, 0.25) is 0 Å². The topological polar surface area (TPSA) is 67.4 Å². The summed E-state index contributed by atoms with van der Waals surface area (Å²) in [5, 5.41) is 6.37. The summed E-state index contributed by atoms with van der Waals surface area (Å²) in [5.41, 5.74) is 0.612. The summed E-state index contributed by atoms with van der Waals surface area (Å²) in [4.78, 5) is 24.1. The van der Waals surface area contributed by atoms with Crippen molar-refractivity contribution in [3.8, 4) is 5.75 Å². The molecule has 2 atom stereocenters. The number of halogens is 1. The number of amides is 1. The lowest BCUT2D eigenvalue weighted by Gasteiger charge is -2.30. The molecule has 1 fully saturated rings. The van der Waals surface area contributed by atoms with Gasteiger partial charge in [0.05, 0.1) is 7.11 Å². The molecule has 1 amide bonds. The molecule has 1 aliphatic heterocycles. The van der Waals surface area contributed by atoms with Crippen molar-refractivity contribution in [3.05, 3.63) is 29.8 Å². The number of methoxy groups -OCH3 is 1. The van der Waals surface area contributed by atoms with E-state index in [2.05, 4.69) is 17.6 Å². The monoisotopic (exact) mass is 340 g/mol. The number of carbonyl (C=O) groups is 2. The maximum atomic E-state index is 12.1. The highest BCUT2D eigenvalue weighted by Gasteiger charge is 2.22. The third-order valence-electron chi connectivity index (χ3n) is 4.10. The molecule has 2 rings (SSSR count). The molecule has 0 aliphatic carbocycles. The zero-order valence-electron chi connectivity index (χ0n) is 13.6. The van der Waals surface area contributed by atoms with Crippen molar-refractivity contribution in [1.29, 1.82) is 0 Å². The van der Waals surface area contributed by atoms with Crippen LogP contribution in [-0.2, 0) is 4.79 Å². The Morgan fingerprint density at radius 2 is 1.96 bits per heavy atom. The van der Waals surface area contributed by atoms with Gasteiger partial charge in [-0.3, -0.25) is 9.59 Å². The number of Topliss-reactive ketones (excluding diaryl/α,β-unsaturated/α-hetero) is 1. The molecule has 128 valence electrons. The highest BCUT2D eigenvalue weighted by molar-refractivity contribution is 5.98. The highest BCUT2D eigenvalue weighted by Crippen LogP contribution is 2.14. The van der Waals surface area contributed by atoms with E-state index in [0.29, 0.717) is 11.3 Å². The van der Waals surface area contributed by atoms with Crippen molar-refractivity contribution >= 4 is 24.1 Å². The molecule has 1 saturated heterocycles. The minimum atomic E-state index is -0.0533. The Balaban J connectivity index is 0.00000264. The molecule has 1 aromatic rings. The number of nitrogens with one attached hydrogen (secondary N) is 2. The van der Waals surface area contributed by atoms with Crippen LogP contribution in [0.1, 0.15) is 43.0 Å². The maximum absolute atomic E-state index is 12.1. The molecule has 0 spiro atoms. The molecule has 6 heteroatoms. The van der Waals surface area contributed by atoms with Crippen LogP contribution in [0.4, 0.5) is 0 Å². The number of benzene rings is 1. The largest absolute Gasteiger partial charge is 0.497 e. The van der Waals surface area contributed by atoms with Crippen LogP contribution in [0.25, 0.3) is 0 Å². The molecule has 0 bridgehead atoms. The van der Waals surface area contributed by atoms with Crippen LogP contribution in [0, 0.1) is 0 Å². The first-order chi connectivity index (χ1) is 10.6. The Hall–Kier alpha value is -1.59. The van der Waals surface area contributed by atoms with Crippen molar-refractivity contribution in [3.63, 3.8) is 0 Å². The van der Waals surface area contributed by atoms with Crippen LogP contribution >= 0.6 is 12.4 Å². The number of piperidine rings is 1. The molecule has 2 unspecified atom stereocenters. The van der Waals surface area contributed by atoms with E-state index in [-0.39, 0.29) is 49.0 Å². The zero-order chi connectivity index (χ0) is 15.9. The molecule has 2 N–H and O–H groups in total. The fourth-order valence-electron chi connectivity index (χ4n) is 2.67. The Bertz CT molecular complexity index is 519. The lowest BCUT2D eigenvalue weighted by Crippen LogP contribution is -2.51. The van der Waals surface area contributed by atoms with Gasteiger partial charge in [-0.15, -0.1) is 12.4 Å². The number of ketones is 1. The number of hydrogen-bond acceptors (Lipinski definition) is 4. The second kappa shape index (κ2) is 9.53. The fourth-order valence-corrected chi connectivity index (χ4v) is 2.67. The van der Waals surface area contributed by atoms with Crippen LogP contribution in [-0.4, -0.2) is 37.4 Å². The van der Waals surface area contributed by atoms with Gasteiger partial charge in [-0.05, 0) is 50.6 Å². The summed E-state index contributed by atoms with van der Waals surface area (Å²) in [6, 6.07) is 7.41. The van der Waals surface area contributed by atoms with Crippen molar-refractivity contribution in [2.24, 2.45) is 0 Å². The second-order valence-corrected chi connectivity index (χ2v) is 5.71. The third kappa shape index (κ3) is 5.84. The summed E-state index contributed by atoms with van der Waals surface area (Å²) < 4.78 is 5.06. The highest BCUT2D eigenvalue weighted by atomic mass is 35.5. The third-order valence-corrected chi connectivity index (χ3v) is 4.10. The van der Waals surface area contributed by atoms with Gasteiger partial charge in [-0.1, -0.05) is 0 Å². The van der Waals surface area contributed by atoms with Gasteiger partial charge in [0, 0.05) is 30.5 Å². The molecule has 5 nitrogen and oxygen atoms in total. The van der Waals surface area contributed by atoms with Gasteiger partial charge in [0.2, 0.25) is 5.91 Å². The summed E-state index contributed by atoms with van der Waals surface area (Å²) in [6.07, 6.45) is 2.52. The number of carbonyl (C=O) groups excluding carboxylic acids is 2. The molecule has 1 heterocycles. The van der Waals surface area contributed by atoms with Gasteiger partial charge in [0.1, 0.15) is 5.75 Å². The van der Waals surface area contributed by atoms with E-state index in [1.165, 1.54) is 0 Å². The zero-order valence-corrected chi connectivity index (χ0v) is 14.4. The average molecular weight is 341 g/mol. The van der Waals surface area contributed by atoms with Crippen LogP contribution in [0.5, 0.6) is 5.75 Å². The van der Waals surface area contributed by atoms with Gasteiger partial charge in [-0.2, -0.15) is 0 Å². The lowest BCUT2D eigenvalue weighted by atomic mass is 9.99. The molecule has 0 saturated carbocycles. The summed E-state index contributed by atoms with van der Waals surface area (Å²) in [7, 11) is 1.59. The standard InChI is InChI=1S/C17H24N2O3.ClH/c1-12-15(4-3-11-18-12)19-17(21)10-9-16(20)13-5-7-14(22-2)8-6-13;/h5-8,12,15,18H,3-4,9-11H2,1-2H3,(H,19,21);1H. The van der Waals surface area contributed by atoms with Gasteiger partial charge in [0.25, 0.3) is 0 Å². The number of ether oxygens (including phenoxy) is 1. The number of hydrogen-bond donors (Lipinski definition) is 2. The Labute approximate surface area is 143 Å². The van der Waals surface area contributed by atoms with Crippen molar-refractivity contribution in [1.82, 2.24) is 10.6 Å². The molecule has 0 aromatic heterocycles. The first kappa shape index (κ1) is 19.5. The van der Waals surface area contributed by atoms with Gasteiger partial charge in [-0.25, -0.2) is 0 Å². The maximum Gasteiger partial charge on any atom is 0.220 e. The van der Waals surface area contributed by atoms with E-state index >= 15 is 0 Å². The Morgan fingerprint density at radius 1 is 1.26 bits per heavy atom. The Kier molecular flexibility index (Phi) is 8.06. The van der Waals surface area contributed by atoms with Crippen LogP contribution in [0.3, 0.4) is 0 Å². The summed E-state index contributed by atoms with van der Waals surface area (Å²) in [6.45, 7) is 3.08. The SMILES string of the molecule is COc1ccc(C(=O)CCC(=O)NC2CCCNC2C)cc1.Cl. The first-order valence-electron chi connectivity index (χ1n) is 7.80. The Morgan fingerprint density at radius 3 is 2.57 bits per heavy atom. The summed E-state index contributed by atoms with van der Waals surface area (Å²) in [5.74, 6) is 0.642. The molecule has 1 aromatic carbocycles. The van der Waals surface area contributed by atoms with Crippen LogP contribution < -0.4 is 15.4 Å². The molecule has 23 heavy (non-hydrogen) atoms. The predicted molar refractivity (Wildman–Crippen MR) is 92.4 cm³/mol. The van der Waals surface area contributed by atoms with E-state index in [1.807, 2.05) is 0 Å². The van der Waals surface area contributed by atoms with Gasteiger partial charge < -0.3 is 15.4 Å². The van der Waals surface area contributed by atoms with Crippen molar-refractivity contribution < 1.29 is 14.3 Å². The van der Waals surface area contributed by atoms with E-state index in [1.54, 1.807) is 31.4 Å². The molecular formula is C17H25ClN2O3. The molecule has 0 radical (unpaired) electrons. The average Bonchev–Trinajstić information content (AvgIpc) is 2.55. The van der Waals surface area contributed by atoms with E-state index < -0.39 is 0 Å². The normalized spacial score (nSPS) is 20.3. The fraction of sp³-hybridized carbons (Fsp3) is 0.529. The van der Waals surface area contributed by atoms with Crippen LogP contribution in [0.15, 0.2) is 24.3 Å². The lowest BCUT2D eigenvalue weighted by molar-refractivity contribution is -0.122. The molecule has 1 aliphatic rings. The quantitative estimate of drug-likeness (QED) is 0.780. The van der Waals surface area contributed by atoms with Crippen molar-refractivity contribution in [2.75, 3.05) is 13.7 Å². The van der Waals surface area contributed by atoms with E-state index in [9.17, 15) is 9.59 Å². The van der Waals surface area contributed by atoms with Gasteiger partial charge in [0.15, 0.2) is 5.78 Å². The summed E-state index contributed by atoms with van der Waals surface area (Å²) >= 11 is 0. The second-order valence-electron chi connectivity index (χ2n) is 5.71. The molecular weight excluding hydrogens is 316 g/mol. The number of rotatable bonds is 6.